The summed E-state index contributed by atoms with van der Waals surface area (Å²) in [6.45, 7) is 6.12. The number of benzene rings is 1. The number of aromatic amines is 1. The molecule has 100 valence electrons. The van der Waals surface area contributed by atoms with Crippen molar-refractivity contribution in [2.45, 2.75) is 6.92 Å². The third-order valence-corrected chi connectivity index (χ3v) is 4.11. The van der Waals surface area contributed by atoms with Gasteiger partial charge in [0.15, 0.2) is 0 Å². The van der Waals surface area contributed by atoms with Gasteiger partial charge in [-0.05, 0) is 13.0 Å². The lowest BCUT2D eigenvalue weighted by Crippen LogP contribution is -2.44. The van der Waals surface area contributed by atoms with Crippen LogP contribution in [0.25, 0.3) is 11.3 Å². The molecule has 1 saturated heterocycles. The molecular formula is C14H17BrN4. The number of nitrogens with zero attached hydrogens (tertiary/aromatic N) is 2. The lowest BCUT2D eigenvalue weighted by atomic mass is 10.1. The van der Waals surface area contributed by atoms with Crippen molar-refractivity contribution in [3.8, 4) is 11.3 Å². The van der Waals surface area contributed by atoms with Crippen molar-refractivity contribution < 1.29 is 0 Å². The first-order chi connectivity index (χ1) is 9.25. The van der Waals surface area contributed by atoms with Crippen molar-refractivity contribution in [2.24, 2.45) is 0 Å². The highest BCUT2D eigenvalue weighted by Gasteiger charge is 2.17. The van der Waals surface area contributed by atoms with E-state index in [-0.39, 0.29) is 0 Å². The molecule has 0 atom stereocenters. The minimum Gasteiger partial charge on any atom is -0.340 e. The molecule has 0 amide bonds. The van der Waals surface area contributed by atoms with Crippen molar-refractivity contribution in [3.05, 3.63) is 34.4 Å². The standard InChI is InChI=1S/C14H17BrN4/c1-10-13(11-4-2-3-5-12(11)15)18-14(17-10)19-8-6-16-7-9-19/h2-5,16H,6-9H2,1H3,(H,17,18). The van der Waals surface area contributed by atoms with Gasteiger partial charge in [0, 0.05) is 41.9 Å². The number of rotatable bonds is 2. The molecule has 1 aromatic heterocycles. The fraction of sp³-hybridized carbons (Fsp3) is 0.357. The van der Waals surface area contributed by atoms with E-state index in [9.17, 15) is 0 Å². The second-order valence-electron chi connectivity index (χ2n) is 4.75. The molecule has 2 aromatic rings. The minimum absolute atomic E-state index is 0.977. The van der Waals surface area contributed by atoms with Gasteiger partial charge < -0.3 is 15.2 Å². The second kappa shape index (κ2) is 5.35. The van der Waals surface area contributed by atoms with Crippen LogP contribution in [0.2, 0.25) is 0 Å². The quantitative estimate of drug-likeness (QED) is 0.893. The molecule has 1 aliphatic heterocycles. The number of hydrogen-bond donors (Lipinski definition) is 2. The summed E-state index contributed by atoms with van der Waals surface area (Å²) in [6.07, 6.45) is 0. The Balaban J connectivity index is 1.95. The minimum atomic E-state index is 0.977. The monoisotopic (exact) mass is 320 g/mol. The van der Waals surface area contributed by atoms with E-state index in [0.717, 1.165) is 53.6 Å². The predicted molar refractivity (Wildman–Crippen MR) is 81.5 cm³/mol. The Morgan fingerprint density at radius 2 is 1.95 bits per heavy atom. The fourth-order valence-corrected chi connectivity index (χ4v) is 2.86. The molecule has 0 spiro atoms. The zero-order valence-electron chi connectivity index (χ0n) is 10.9. The van der Waals surface area contributed by atoms with Crippen LogP contribution in [0.3, 0.4) is 0 Å². The van der Waals surface area contributed by atoms with Crippen molar-refractivity contribution >= 4 is 21.9 Å². The summed E-state index contributed by atoms with van der Waals surface area (Å²) in [5, 5.41) is 3.36. The average Bonchev–Trinajstić information content (AvgIpc) is 2.82. The largest absolute Gasteiger partial charge is 0.340 e. The Morgan fingerprint density at radius 3 is 2.68 bits per heavy atom. The topological polar surface area (TPSA) is 44.0 Å². The molecule has 1 fully saturated rings. The van der Waals surface area contributed by atoms with E-state index in [0.29, 0.717) is 0 Å². The molecule has 2 heterocycles. The van der Waals surface area contributed by atoms with E-state index in [1.54, 1.807) is 0 Å². The van der Waals surface area contributed by atoms with Gasteiger partial charge in [-0.2, -0.15) is 0 Å². The Bertz CT molecular complexity index is 573. The molecule has 4 nitrogen and oxygen atoms in total. The third-order valence-electron chi connectivity index (χ3n) is 3.42. The zero-order chi connectivity index (χ0) is 13.2. The van der Waals surface area contributed by atoms with Gasteiger partial charge in [0.2, 0.25) is 5.95 Å². The van der Waals surface area contributed by atoms with E-state index in [2.05, 4.69) is 44.1 Å². The van der Waals surface area contributed by atoms with Crippen LogP contribution >= 0.6 is 15.9 Å². The van der Waals surface area contributed by atoms with Gasteiger partial charge >= 0.3 is 0 Å². The lowest BCUT2D eigenvalue weighted by molar-refractivity contribution is 0.581. The van der Waals surface area contributed by atoms with E-state index >= 15 is 0 Å². The number of aryl methyl sites for hydroxylation is 1. The number of halogens is 1. The number of anilines is 1. The summed E-state index contributed by atoms with van der Waals surface area (Å²) in [4.78, 5) is 10.5. The third kappa shape index (κ3) is 2.53. The van der Waals surface area contributed by atoms with Crippen LogP contribution in [0.15, 0.2) is 28.7 Å². The number of aromatic nitrogens is 2. The number of H-pyrrole nitrogens is 1. The second-order valence-corrected chi connectivity index (χ2v) is 5.61. The van der Waals surface area contributed by atoms with Crippen LogP contribution in [0.5, 0.6) is 0 Å². The molecule has 0 saturated carbocycles. The number of hydrogen-bond acceptors (Lipinski definition) is 3. The van der Waals surface area contributed by atoms with E-state index in [1.165, 1.54) is 0 Å². The molecule has 0 bridgehead atoms. The highest BCUT2D eigenvalue weighted by molar-refractivity contribution is 9.10. The number of nitrogens with one attached hydrogen (secondary N) is 2. The summed E-state index contributed by atoms with van der Waals surface area (Å²) in [6, 6.07) is 8.20. The molecule has 0 aliphatic carbocycles. The first-order valence-corrected chi connectivity index (χ1v) is 7.32. The molecular weight excluding hydrogens is 304 g/mol. The Morgan fingerprint density at radius 1 is 1.21 bits per heavy atom. The van der Waals surface area contributed by atoms with Crippen LogP contribution in [-0.2, 0) is 0 Å². The lowest BCUT2D eigenvalue weighted by Gasteiger charge is -2.26. The van der Waals surface area contributed by atoms with Crippen LogP contribution in [0.1, 0.15) is 5.69 Å². The SMILES string of the molecule is Cc1[nH]c(N2CCNCC2)nc1-c1ccccc1Br. The smallest absolute Gasteiger partial charge is 0.203 e. The normalized spacial score (nSPS) is 15.8. The summed E-state index contributed by atoms with van der Waals surface area (Å²) in [5.74, 6) is 0.977. The van der Waals surface area contributed by atoms with Gasteiger partial charge in [-0.3, -0.25) is 0 Å². The van der Waals surface area contributed by atoms with Gasteiger partial charge in [0.25, 0.3) is 0 Å². The first-order valence-electron chi connectivity index (χ1n) is 6.53. The van der Waals surface area contributed by atoms with Gasteiger partial charge in [-0.1, -0.05) is 34.1 Å². The Hall–Kier alpha value is -1.33. The molecule has 3 rings (SSSR count). The van der Waals surface area contributed by atoms with Crippen LogP contribution in [-0.4, -0.2) is 36.1 Å². The summed E-state index contributed by atoms with van der Waals surface area (Å²) >= 11 is 3.59. The van der Waals surface area contributed by atoms with Crippen LogP contribution < -0.4 is 10.2 Å². The predicted octanol–water partition coefficient (Wildman–Crippen LogP) is 2.56. The van der Waals surface area contributed by atoms with Crippen molar-refractivity contribution in [1.82, 2.24) is 15.3 Å². The maximum absolute atomic E-state index is 4.78. The first kappa shape index (κ1) is 12.7. The van der Waals surface area contributed by atoms with E-state index in [4.69, 9.17) is 4.98 Å². The Kier molecular flexibility index (Phi) is 3.57. The van der Waals surface area contributed by atoms with Gasteiger partial charge in [-0.25, -0.2) is 4.98 Å². The van der Waals surface area contributed by atoms with Gasteiger partial charge in [0.1, 0.15) is 0 Å². The van der Waals surface area contributed by atoms with E-state index < -0.39 is 0 Å². The highest BCUT2D eigenvalue weighted by atomic mass is 79.9. The Labute approximate surface area is 121 Å². The zero-order valence-corrected chi connectivity index (χ0v) is 12.5. The fourth-order valence-electron chi connectivity index (χ4n) is 2.39. The summed E-state index contributed by atoms with van der Waals surface area (Å²) in [5.41, 5.74) is 3.28. The molecule has 2 N–H and O–H groups in total. The maximum Gasteiger partial charge on any atom is 0.203 e. The van der Waals surface area contributed by atoms with Crippen LogP contribution in [0, 0.1) is 6.92 Å². The summed E-state index contributed by atoms with van der Waals surface area (Å²) in [7, 11) is 0. The maximum atomic E-state index is 4.78. The number of piperazine rings is 1. The number of imidazole rings is 1. The van der Waals surface area contributed by atoms with Crippen molar-refractivity contribution in [2.75, 3.05) is 31.1 Å². The average molecular weight is 321 g/mol. The van der Waals surface area contributed by atoms with Crippen molar-refractivity contribution in [3.63, 3.8) is 0 Å². The molecule has 5 heteroatoms. The molecule has 1 aromatic carbocycles. The molecule has 1 aliphatic rings. The molecule has 0 radical (unpaired) electrons. The van der Waals surface area contributed by atoms with Gasteiger partial charge in [-0.15, -0.1) is 0 Å². The molecule has 0 unspecified atom stereocenters. The van der Waals surface area contributed by atoms with Crippen LogP contribution in [0.4, 0.5) is 5.95 Å². The van der Waals surface area contributed by atoms with E-state index in [1.807, 2.05) is 18.2 Å². The highest BCUT2D eigenvalue weighted by Crippen LogP contribution is 2.30. The summed E-state index contributed by atoms with van der Waals surface area (Å²) < 4.78 is 1.08. The van der Waals surface area contributed by atoms with Gasteiger partial charge in [0.05, 0.1) is 5.69 Å². The molecule has 19 heavy (non-hydrogen) atoms. The van der Waals surface area contributed by atoms with Crippen molar-refractivity contribution in [1.29, 1.82) is 0 Å².